The standard InChI is InChI=1S/C20H19IN2/c1-14-5-4-6-20(11-14)23-15(2)12-17(16(23)3)13-22-19-9-7-18(21)8-10-19/h4-13H,1-3H3. The van der Waals surface area contributed by atoms with E-state index in [-0.39, 0.29) is 0 Å². The van der Waals surface area contributed by atoms with Crippen molar-refractivity contribution in [3.05, 3.63) is 80.7 Å². The van der Waals surface area contributed by atoms with Crippen LogP contribution in [0.2, 0.25) is 0 Å². The molecule has 0 aliphatic rings. The Morgan fingerprint density at radius 2 is 1.70 bits per heavy atom. The zero-order valence-corrected chi connectivity index (χ0v) is 15.7. The molecule has 0 aliphatic heterocycles. The first kappa shape index (κ1) is 16.0. The molecule has 3 rings (SSSR count). The van der Waals surface area contributed by atoms with E-state index in [4.69, 9.17) is 0 Å². The number of hydrogen-bond acceptors (Lipinski definition) is 1. The molecule has 0 atom stereocenters. The summed E-state index contributed by atoms with van der Waals surface area (Å²) in [5.74, 6) is 0. The van der Waals surface area contributed by atoms with E-state index in [1.54, 1.807) is 0 Å². The van der Waals surface area contributed by atoms with Crippen molar-refractivity contribution in [2.45, 2.75) is 20.8 Å². The Morgan fingerprint density at radius 1 is 0.957 bits per heavy atom. The lowest BCUT2D eigenvalue weighted by atomic mass is 10.2. The molecule has 1 aromatic heterocycles. The van der Waals surface area contributed by atoms with Gasteiger partial charge < -0.3 is 4.57 Å². The SMILES string of the molecule is Cc1cccc(-n2c(C)cc(C=Nc3ccc(I)cc3)c2C)c1. The van der Waals surface area contributed by atoms with Gasteiger partial charge in [-0.1, -0.05) is 12.1 Å². The lowest BCUT2D eigenvalue weighted by molar-refractivity contribution is 0.963. The van der Waals surface area contributed by atoms with Crippen molar-refractivity contribution in [3.8, 4) is 5.69 Å². The third-order valence-corrected chi connectivity index (χ3v) is 4.63. The number of halogens is 1. The molecule has 0 radical (unpaired) electrons. The van der Waals surface area contributed by atoms with Crippen molar-refractivity contribution >= 4 is 34.5 Å². The van der Waals surface area contributed by atoms with E-state index in [9.17, 15) is 0 Å². The lowest BCUT2D eigenvalue weighted by Crippen LogP contribution is -1.99. The number of aryl methyl sites for hydroxylation is 2. The summed E-state index contributed by atoms with van der Waals surface area (Å²) in [7, 11) is 0. The molecule has 0 aliphatic carbocycles. The van der Waals surface area contributed by atoms with Crippen molar-refractivity contribution in [1.82, 2.24) is 4.57 Å². The van der Waals surface area contributed by atoms with Crippen molar-refractivity contribution in [2.75, 3.05) is 0 Å². The number of aromatic nitrogens is 1. The maximum Gasteiger partial charge on any atom is 0.0630 e. The number of aliphatic imine (C=N–C) groups is 1. The Morgan fingerprint density at radius 3 is 2.39 bits per heavy atom. The van der Waals surface area contributed by atoms with E-state index >= 15 is 0 Å². The zero-order valence-electron chi connectivity index (χ0n) is 13.5. The van der Waals surface area contributed by atoms with Gasteiger partial charge in [-0.2, -0.15) is 0 Å². The zero-order chi connectivity index (χ0) is 16.4. The summed E-state index contributed by atoms with van der Waals surface area (Å²) in [4.78, 5) is 4.60. The molecule has 3 aromatic rings. The van der Waals surface area contributed by atoms with E-state index in [1.807, 2.05) is 18.3 Å². The van der Waals surface area contributed by atoms with Crippen molar-refractivity contribution < 1.29 is 0 Å². The highest BCUT2D eigenvalue weighted by Gasteiger charge is 2.09. The van der Waals surface area contributed by atoms with Crippen LogP contribution in [0.15, 0.2) is 59.6 Å². The molecule has 116 valence electrons. The molecule has 0 bridgehead atoms. The molecule has 0 amide bonds. The molecular weight excluding hydrogens is 395 g/mol. The normalized spacial score (nSPS) is 11.3. The van der Waals surface area contributed by atoms with Gasteiger partial charge in [-0.25, -0.2) is 0 Å². The molecule has 2 nitrogen and oxygen atoms in total. The fraction of sp³-hybridized carbons (Fsp3) is 0.150. The fourth-order valence-electron chi connectivity index (χ4n) is 2.75. The Kier molecular flexibility index (Phi) is 4.66. The highest BCUT2D eigenvalue weighted by atomic mass is 127. The summed E-state index contributed by atoms with van der Waals surface area (Å²) in [6, 6.07) is 19.0. The van der Waals surface area contributed by atoms with E-state index in [0.29, 0.717) is 0 Å². The number of rotatable bonds is 3. The fourth-order valence-corrected chi connectivity index (χ4v) is 3.11. The van der Waals surface area contributed by atoms with Crippen molar-refractivity contribution in [2.24, 2.45) is 4.99 Å². The molecule has 1 heterocycles. The van der Waals surface area contributed by atoms with Crippen molar-refractivity contribution in [1.29, 1.82) is 0 Å². The van der Waals surface area contributed by atoms with Crippen LogP contribution in [0.4, 0.5) is 5.69 Å². The molecule has 2 aromatic carbocycles. The van der Waals surface area contributed by atoms with E-state index in [1.165, 1.54) is 26.2 Å². The predicted octanol–water partition coefficient (Wildman–Crippen LogP) is 5.76. The summed E-state index contributed by atoms with van der Waals surface area (Å²) in [5, 5.41) is 0. The average molecular weight is 414 g/mol. The second-order valence-corrected chi connectivity index (χ2v) is 6.98. The highest BCUT2D eigenvalue weighted by Crippen LogP contribution is 2.21. The number of nitrogens with zero attached hydrogens (tertiary/aromatic N) is 2. The monoisotopic (exact) mass is 414 g/mol. The van der Waals surface area contributed by atoms with Gasteiger partial charge in [0.1, 0.15) is 0 Å². The number of hydrogen-bond donors (Lipinski definition) is 0. The molecule has 0 saturated heterocycles. The summed E-state index contributed by atoms with van der Waals surface area (Å²) in [6.45, 7) is 6.40. The largest absolute Gasteiger partial charge is 0.318 e. The van der Waals surface area contributed by atoms with Gasteiger partial charge in [-0.3, -0.25) is 4.99 Å². The smallest absolute Gasteiger partial charge is 0.0630 e. The van der Waals surface area contributed by atoms with Crippen molar-refractivity contribution in [3.63, 3.8) is 0 Å². The average Bonchev–Trinajstić information content (AvgIpc) is 2.81. The molecule has 0 saturated carbocycles. The van der Waals surface area contributed by atoms with Crippen LogP contribution in [-0.4, -0.2) is 10.8 Å². The quantitative estimate of drug-likeness (QED) is 0.383. The summed E-state index contributed by atoms with van der Waals surface area (Å²) in [6.07, 6.45) is 1.96. The van der Waals surface area contributed by atoms with E-state index in [2.05, 4.69) is 95.4 Å². The van der Waals surface area contributed by atoms with Gasteiger partial charge in [0, 0.05) is 32.4 Å². The molecule has 0 spiro atoms. The maximum absolute atomic E-state index is 4.60. The minimum absolute atomic E-state index is 0.978. The Labute approximate surface area is 151 Å². The first-order valence-electron chi connectivity index (χ1n) is 7.60. The molecule has 0 unspecified atom stereocenters. The van der Waals surface area contributed by atoms with Crippen LogP contribution >= 0.6 is 22.6 Å². The van der Waals surface area contributed by atoms with Gasteiger partial charge in [-0.05, 0) is 91.4 Å². The minimum atomic E-state index is 0.978. The van der Waals surface area contributed by atoms with E-state index < -0.39 is 0 Å². The van der Waals surface area contributed by atoms with Gasteiger partial charge in [0.05, 0.1) is 5.69 Å². The van der Waals surface area contributed by atoms with Crippen LogP contribution in [0.1, 0.15) is 22.5 Å². The molecule has 23 heavy (non-hydrogen) atoms. The lowest BCUT2D eigenvalue weighted by Gasteiger charge is -2.10. The van der Waals surface area contributed by atoms with Crippen LogP contribution in [0.3, 0.4) is 0 Å². The van der Waals surface area contributed by atoms with E-state index in [0.717, 1.165) is 11.3 Å². The summed E-state index contributed by atoms with van der Waals surface area (Å²) < 4.78 is 3.50. The summed E-state index contributed by atoms with van der Waals surface area (Å²) >= 11 is 2.30. The molecule has 0 fully saturated rings. The minimum Gasteiger partial charge on any atom is -0.318 e. The van der Waals surface area contributed by atoms with Gasteiger partial charge in [0.15, 0.2) is 0 Å². The molecular formula is C20H19IN2. The molecule has 3 heteroatoms. The Bertz CT molecular complexity index is 858. The Balaban J connectivity index is 1.96. The van der Waals surface area contributed by atoms with Crippen LogP contribution in [-0.2, 0) is 0 Å². The van der Waals surface area contributed by atoms with Crippen LogP contribution in [0.25, 0.3) is 5.69 Å². The second kappa shape index (κ2) is 6.71. The Hall–Kier alpha value is -1.88. The first-order valence-corrected chi connectivity index (χ1v) is 8.68. The van der Waals surface area contributed by atoms with Gasteiger partial charge in [0.25, 0.3) is 0 Å². The van der Waals surface area contributed by atoms with Gasteiger partial charge in [-0.15, -0.1) is 0 Å². The predicted molar refractivity (Wildman–Crippen MR) is 106 cm³/mol. The second-order valence-electron chi connectivity index (χ2n) is 5.74. The van der Waals surface area contributed by atoms with Gasteiger partial charge >= 0.3 is 0 Å². The maximum atomic E-state index is 4.60. The van der Waals surface area contributed by atoms with Crippen LogP contribution in [0, 0.1) is 24.3 Å². The number of benzene rings is 2. The third kappa shape index (κ3) is 3.55. The molecule has 0 N–H and O–H groups in total. The van der Waals surface area contributed by atoms with Gasteiger partial charge in [0.2, 0.25) is 0 Å². The topological polar surface area (TPSA) is 17.3 Å². The summed E-state index contributed by atoms with van der Waals surface area (Å²) in [5.41, 5.74) is 7.03. The third-order valence-electron chi connectivity index (χ3n) is 3.91. The highest BCUT2D eigenvalue weighted by molar-refractivity contribution is 14.1. The van der Waals surface area contributed by atoms with Crippen LogP contribution < -0.4 is 0 Å². The van der Waals surface area contributed by atoms with Crippen LogP contribution in [0.5, 0.6) is 0 Å². The first-order chi connectivity index (χ1) is 11.0.